The molecular weight excluding hydrogens is 405 g/mol. The smallest absolute Gasteiger partial charge is 0.118 e. The molecule has 3 rings (SSSR count). The maximum Gasteiger partial charge on any atom is 0.118 e. The van der Waals surface area contributed by atoms with Gasteiger partial charge in [0, 0.05) is 37.7 Å². The Kier molecular flexibility index (Phi) is 9.22. The van der Waals surface area contributed by atoms with Crippen LogP contribution in [-0.2, 0) is 4.84 Å². The maximum atomic E-state index is 6.29. The average molecular weight is 429 g/mol. The summed E-state index contributed by atoms with van der Waals surface area (Å²) in [4.78, 5) is 10.2. The molecule has 0 saturated carbocycles. The third-order valence-electron chi connectivity index (χ3n) is 4.42. The van der Waals surface area contributed by atoms with Gasteiger partial charge in [-0.15, -0.1) is 12.4 Å². The van der Waals surface area contributed by atoms with Crippen molar-refractivity contribution in [3.63, 3.8) is 0 Å². The van der Waals surface area contributed by atoms with Crippen molar-refractivity contribution < 1.29 is 4.84 Å². The molecule has 0 N–H and O–H groups in total. The summed E-state index contributed by atoms with van der Waals surface area (Å²) in [5.41, 5.74) is 2.11. The van der Waals surface area contributed by atoms with Gasteiger partial charge in [-0.25, -0.2) is 0 Å². The zero-order valence-electron chi connectivity index (χ0n) is 15.1. The second kappa shape index (κ2) is 11.4. The molecule has 7 heteroatoms. The minimum atomic E-state index is 0. The van der Waals surface area contributed by atoms with E-state index >= 15 is 0 Å². The summed E-state index contributed by atoms with van der Waals surface area (Å²) in [6, 6.07) is 15.5. The molecular formula is C20H24Cl3N3O. The molecule has 1 aliphatic heterocycles. The first-order chi connectivity index (χ1) is 12.7. The lowest BCUT2D eigenvalue weighted by Gasteiger charge is -2.36. The molecule has 146 valence electrons. The fraction of sp³-hybridized carbons (Fsp3) is 0.350. The van der Waals surface area contributed by atoms with E-state index in [0.29, 0.717) is 6.61 Å². The van der Waals surface area contributed by atoms with E-state index in [1.807, 2.05) is 42.5 Å². The lowest BCUT2D eigenvalue weighted by molar-refractivity contribution is 0.129. The van der Waals surface area contributed by atoms with Gasteiger partial charge in [0.1, 0.15) is 6.61 Å². The molecule has 2 aromatic rings. The number of para-hydroxylation sites is 1. The van der Waals surface area contributed by atoms with E-state index in [4.69, 9.17) is 28.0 Å². The molecule has 0 amide bonds. The second-order valence-corrected chi connectivity index (χ2v) is 7.10. The minimum absolute atomic E-state index is 0. The molecule has 0 spiro atoms. The SMILES string of the molecule is Cl.Clc1ccc(/C=N\OCCCN2CCN(c3ccccc3Cl)CC2)cc1. The Morgan fingerprint density at radius 1 is 0.963 bits per heavy atom. The van der Waals surface area contributed by atoms with E-state index in [1.54, 1.807) is 6.21 Å². The summed E-state index contributed by atoms with van der Waals surface area (Å²) in [5.74, 6) is 0. The van der Waals surface area contributed by atoms with Gasteiger partial charge >= 0.3 is 0 Å². The van der Waals surface area contributed by atoms with Crippen molar-refractivity contribution in [2.45, 2.75) is 6.42 Å². The zero-order valence-corrected chi connectivity index (χ0v) is 17.4. The van der Waals surface area contributed by atoms with E-state index in [9.17, 15) is 0 Å². The summed E-state index contributed by atoms with van der Waals surface area (Å²) in [7, 11) is 0. The van der Waals surface area contributed by atoms with E-state index < -0.39 is 0 Å². The first-order valence-corrected chi connectivity index (χ1v) is 9.61. The Balaban J connectivity index is 0.00000261. The number of nitrogens with zero attached hydrogens (tertiary/aromatic N) is 3. The molecule has 0 atom stereocenters. The molecule has 2 aromatic carbocycles. The molecule has 27 heavy (non-hydrogen) atoms. The Morgan fingerprint density at radius 2 is 1.67 bits per heavy atom. The molecule has 4 nitrogen and oxygen atoms in total. The third-order valence-corrected chi connectivity index (χ3v) is 4.99. The van der Waals surface area contributed by atoms with Crippen LogP contribution >= 0.6 is 35.6 Å². The van der Waals surface area contributed by atoms with E-state index in [2.05, 4.69) is 21.0 Å². The number of oxime groups is 1. The Hall–Kier alpha value is -1.46. The van der Waals surface area contributed by atoms with Gasteiger partial charge in [0.05, 0.1) is 16.9 Å². The predicted molar refractivity (Wildman–Crippen MR) is 117 cm³/mol. The fourth-order valence-corrected chi connectivity index (χ4v) is 3.35. The molecule has 0 unspecified atom stereocenters. The zero-order chi connectivity index (χ0) is 18.2. The van der Waals surface area contributed by atoms with Gasteiger partial charge < -0.3 is 9.74 Å². The van der Waals surface area contributed by atoms with Crippen LogP contribution in [0.25, 0.3) is 0 Å². The number of benzene rings is 2. The van der Waals surface area contributed by atoms with E-state index in [1.165, 1.54) is 0 Å². The largest absolute Gasteiger partial charge is 0.396 e. The Bertz CT molecular complexity index is 717. The highest BCUT2D eigenvalue weighted by Gasteiger charge is 2.18. The number of hydrogen-bond acceptors (Lipinski definition) is 4. The van der Waals surface area contributed by atoms with Crippen LogP contribution in [0, 0.1) is 0 Å². The van der Waals surface area contributed by atoms with Gasteiger partial charge in [0.25, 0.3) is 0 Å². The van der Waals surface area contributed by atoms with Crippen molar-refractivity contribution in [3.05, 3.63) is 64.1 Å². The predicted octanol–water partition coefficient (Wildman–Crippen LogP) is 4.98. The van der Waals surface area contributed by atoms with Crippen LogP contribution in [0.3, 0.4) is 0 Å². The lowest BCUT2D eigenvalue weighted by atomic mass is 10.2. The van der Waals surface area contributed by atoms with E-state index in [0.717, 1.165) is 60.4 Å². The molecule has 0 radical (unpaired) electrons. The highest BCUT2D eigenvalue weighted by Crippen LogP contribution is 2.25. The summed E-state index contributed by atoms with van der Waals surface area (Å²) in [6.07, 6.45) is 2.67. The van der Waals surface area contributed by atoms with Crippen molar-refractivity contribution in [1.29, 1.82) is 0 Å². The topological polar surface area (TPSA) is 28.1 Å². The van der Waals surface area contributed by atoms with Gasteiger partial charge in [0.15, 0.2) is 0 Å². The Morgan fingerprint density at radius 3 is 2.37 bits per heavy atom. The highest BCUT2D eigenvalue weighted by molar-refractivity contribution is 6.33. The van der Waals surface area contributed by atoms with Gasteiger partial charge in [0.2, 0.25) is 0 Å². The molecule has 1 fully saturated rings. The van der Waals surface area contributed by atoms with Crippen molar-refractivity contribution in [2.75, 3.05) is 44.2 Å². The van der Waals surface area contributed by atoms with Gasteiger partial charge in [-0.1, -0.05) is 52.6 Å². The van der Waals surface area contributed by atoms with Gasteiger partial charge in [-0.05, 0) is 36.2 Å². The first-order valence-electron chi connectivity index (χ1n) is 8.85. The minimum Gasteiger partial charge on any atom is -0.396 e. The van der Waals surface area contributed by atoms with Crippen LogP contribution in [0.15, 0.2) is 53.7 Å². The van der Waals surface area contributed by atoms with Gasteiger partial charge in [-0.3, -0.25) is 4.90 Å². The normalized spacial score (nSPS) is 15.0. The first kappa shape index (κ1) is 21.8. The summed E-state index contributed by atoms with van der Waals surface area (Å²) < 4.78 is 0. The number of halogens is 3. The summed E-state index contributed by atoms with van der Waals surface area (Å²) >= 11 is 12.1. The average Bonchev–Trinajstić information content (AvgIpc) is 2.67. The van der Waals surface area contributed by atoms with Crippen LogP contribution < -0.4 is 4.90 Å². The van der Waals surface area contributed by atoms with Gasteiger partial charge in [-0.2, -0.15) is 0 Å². The van der Waals surface area contributed by atoms with Crippen LogP contribution in [0.2, 0.25) is 10.0 Å². The summed E-state index contributed by atoms with van der Waals surface area (Å²) in [6.45, 7) is 5.72. The van der Waals surface area contributed by atoms with Crippen molar-refractivity contribution >= 4 is 47.5 Å². The van der Waals surface area contributed by atoms with Crippen LogP contribution in [-0.4, -0.2) is 50.4 Å². The number of hydrogen-bond donors (Lipinski definition) is 0. The third kappa shape index (κ3) is 6.89. The number of rotatable bonds is 7. The fourth-order valence-electron chi connectivity index (χ4n) is 2.97. The van der Waals surface area contributed by atoms with Crippen molar-refractivity contribution in [3.8, 4) is 0 Å². The molecule has 1 heterocycles. The molecule has 0 bridgehead atoms. The molecule has 0 aliphatic carbocycles. The Labute approximate surface area is 177 Å². The molecule has 1 saturated heterocycles. The van der Waals surface area contributed by atoms with E-state index in [-0.39, 0.29) is 12.4 Å². The maximum absolute atomic E-state index is 6.29. The second-order valence-electron chi connectivity index (χ2n) is 6.25. The van der Waals surface area contributed by atoms with Crippen LogP contribution in [0.5, 0.6) is 0 Å². The molecule has 0 aromatic heterocycles. The highest BCUT2D eigenvalue weighted by atomic mass is 35.5. The number of piperazine rings is 1. The number of anilines is 1. The molecule has 1 aliphatic rings. The van der Waals surface area contributed by atoms with Crippen molar-refractivity contribution in [1.82, 2.24) is 4.90 Å². The van der Waals surface area contributed by atoms with Crippen molar-refractivity contribution in [2.24, 2.45) is 5.16 Å². The summed E-state index contributed by atoms with van der Waals surface area (Å²) in [5, 5.41) is 5.55. The lowest BCUT2D eigenvalue weighted by Crippen LogP contribution is -2.46. The quantitative estimate of drug-likeness (QED) is 0.354. The van der Waals surface area contributed by atoms with Crippen LogP contribution in [0.1, 0.15) is 12.0 Å². The monoisotopic (exact) mass is 427 g/mol. The standard InChI is InChI=1S/C20H23Cl2N3O.ClH/c21-18-8-6-17(7-9-18)16-23-26-15-3-10-24-11-13-25(14-12-24)20-5-2-1-4-19(20)22;/h1-2,4-9,16H,3,10-15H2;1H/b23-16-;. The van der Waals surface area contributed by atoms with Crippen LogP contribution in [0.4, 0.5) is 5.69 Å².